The lowest BCUT2D eigenvalue weighted by Gasteiger charge is -2.36. The molecule has 8 nitrogen and oxygen atoms in total. The summed E-state index contributed by atoms with van der Waals surface area (Å²) in [5, 5.41) is 3.85. The van der Waals surface area contributed by atoms with Crippen LogP contribution in [0, 0.1) is 0 Å². The SMILES string of the molecule is COc1ccccc1N1CCN(C(=O)c2c(-c3ccc(OC(F)(F)F)cc3)noc2N)CC1. The second-order valence-electron chi connectivity index (χ2n) is 7.29. The van der Waals surface area contributed by atoms with Crippen molar-refractivity contribution in [2.75, 3.05) is 43.9 Å². The molecule has 3 aromatic rings. The highest BCUT2D eigenvalue weighted by atomic mass is 19.4. The third-order valence-electron chi connectivity index (χ3n) is 5.29. The molecule has 0 bridgehead atoms. The van der Waals surface area contributed by atoms with Gasteiger partial charge in [-0.2, -0.15) is 0 Å². The summed E-state index contributed by atoms with van der Waals surface area (Å²) in [6, 6.07) is 12.6. The van der Waals surface area contributed by atoms with Gasteiger partial charge in [-0.3, -0.25) is 4.79 Å². The number of aromatic nitrogens is 1. The number of nitrogen functional groups attached to an aromatic ring is 1. The number of halogens is 3. The van der Waals surface area contributed by atoms with E-state index in [0.29, 0.717) is 31.7 Å². The molecule has 0 spiro atoms. The van der Waals surface area contributed by atoms with Crippen LogP contribution in [0.4, 0.5) is 24.7 Å². The Hall–Kier alpha value is -3.89. The van der Waals surface area contributed by atoms with E-state index in [4.69, 9.17) is 15.0 Å². The van der Waals surface area contributed by atoms with E-state index < -0.39 is 6.36 Å². The molecular formula is C22H21F3N4O4. The maximum atomic E-state index is 13.2. The maximum absolute atomic E-state index is 13.2. The fourth-order valence-electron chi connectivity index (χ4n) is 3.72. The summed E-state index contributed by atoms with van der Waals surface area (Å²) < 4.78 is 51.5. The van der Waals surface area contributed by atoms with Crippen LogP contribution >= 0.6 is 0 Å². The largest absolute Gasteiger partial charge is 0.573 e. The molecule has 1 saturated heterocycles. The zero-order chi connectivity index (χ0) is 23.6. The molecule has 1 fully saturated rings. The predicted molar refractivity (Wildman–Crippen MR) is 114 cm³/mol. The minimum absolute atomic E-state index is 0.0743. The Kier molecular flexibility index (Phi) is 6.03. The fraction of sp³-hybridized carbons (Fsp3) is 0.273. The van der Waals surface area contributed by atoms with Crippen molar-refractivity contribution < 1.29 is 32.0 Å². The van der Waals surface area contributed by atoms with Gasteiger partial charge in [0.25, 0.3) is 5.91 Å². The molecule has 0 saturated carbocycles. The Bertz CT molecular complexity index is 1120. The highest BCUT2D eigenvalue weighted by Crippen LogP contribution is 2.32. The molecule has 1 amide bonds. The number of hydrogen-bond acceptors (Lipinski definition) is 7. The Labute approximate surface area is 187 Å². The number of methoxy groups -OCH3 is 1. The van der Waals surface area contributed by atoms with Crippen molar-refractivity contribution in [2.24, 2.45) is 0 Å². The van der Waals surface area contributed by atoms with Gasteiger partial charge in [-0.15, -0.1) is 13.2 Å². The summed E-state index contributed by atoms with van der Waals surface area (Å²) in [6.45, 7) is 2.02. The lowest BCUT2D eigenvalue weighted by molar-refractivity contribution is -0.274. The minimum atomic E-state index is -4.80. The molecule has 4 rings (SSSR count). The number of piperazine rings is 1. The van der Waals surface area contributed by atoms with Crippen molar-refractivity contribution in [3.63, 3.8) is 0 Å². The van der Waals surface area contributed by atoms with Crippen molar-refractivity contribution in [2.45, 2.75) is 6.36 Å². The van der Waals surface area contributed by atoms with Crippen molar-refractivity contribution in [1.29, 1.82) is 0 Å². The summed E-state index contributed by atoms with van der Waals surface area (Å²) in [5.74, 6) is -0.152. The van der Waals surface area contributed by atoms with Gasteiger partial charge in [-0.25, -0.2) is 0 Å². The van der Waals surface area contributed by atoms with E-state index >= 15 is 0 Å². The third kappa shape index (κ3) is 4.81. The van der Waals surface area contributed by atoms with Gasteiger partial charge in [0.1, 0.15) is 22.8 Å². The normalized spacial score (nSPS) is 14.3. The van der Waals surface area contributed by atoms with Gasteiger partial charge in [-0.05, 0) is 36.4 Å². The number of benzene rings is 2. The quantitative estimate of drug-likeness (QED) is 0.617. The first-order chi connectivity index (χ1) is 15.8. The molecule has 0 aliphatic carbocycles. The first-order valence-corrected chi connectivity index (χ1v) is 10.1. The summed E-state index contributed by atoms with van der Waals surface area (Å²) in [7, 11) is 1.61. The van der Waals surface area contributed by atoms with Crippen LogP contribution in [0.2, 0.25) is 0 Å². The van der Waals surface area contributed by atoms with Gasteiger partial charge in [0.05, 0.1) is 12.8 Å². The number of hydrogen-bond donors (Lipinski definition) is 1. The van der Waals surface area contributed by atoms with Gasteiger partial charge in [0.15, 0.2) is 0 Å². The maximum Gasteiger partial charge on any atom is 0.573 e. The average molecular weight is 462 g/mol. The number of carbonyl (C=O) groups is 1. The Morgan fingerprint density at radius 1 is 1.06 bits per heavy atom. The molecule has 1 aliphatic heterocycles. The Balaban J connectivity index is 1.49. The number of alkyl halides is 3. The summed E-state index contributed by atoms with van der Waals surface area (Å²) in [5.41, 5.74) is 7.43. The van der Waals surface area contributed by atoms with E-state index in [2.05, 4.69) is 14.8 Å². The number of rotatable bonds is 5. The van der Waals surface area contributed by atoms with E-state index in [1.165, 1.54) is 12.1 Å². The zero-order valence-electron chi connectivity index (χ0n) is 17.6. The molecule has 1 aromatic heterocycles. The molecule has 2 heterocycles. The lowest BCUT2D eigenvalue weighted by Crippen LogP contribution is -2.49. The van der Waals surface area contributed by atoms with E-state index in [1.54, 1.807) is 12.0 Å². The van der Waals surface area contributed by atoms with Crippen molar-refractivity contribution in [3.05, 3.63) is 54.1 Å². The first-order valence-electron chi connectivity index (χ1n) is 10.1. The Morgan fingerprint density at radius 3 is 2.36 bits per heavy atom. The van der Waals surface area contributed by atoms with Crippen LogP contribution in [0.25, 0.3) is 11.3 Å². The monoisotopic (exact) mass is 462 g/mol. The number of carbonyl (C=O) groups excluding carboxylic acids is 1. The van der Waals surface area contributed by atoms with Crippen LogP contribution in [-0.2, 0) is 0 Å². The summed E-state index contributed by atoms with van der Waals surface area (Å²) in [6.07, 6.45) is -4.80. The highest BCUT2D eigenvalue weighted by molar-refractivity contribution is 6.03. The lowest BCUT2D eigenvalue weighted by atomic mass is 10.1. The molecule has 0 radical (unpaired) electrons. The molecule has 0 atom stereocenters. The standard InChI is InChI=1S/C22H21F3N4O4/c1-31-17-5-3-2-4-16(17)28-10-12-29(13-11-28)21(30)18-19(27-33-20(18)26)14-6-8-15(9-7-14)32-22(23,24)25/h2-9H,10-13,26H2,1H3. The predicted octanol–water partition coefficient (Wildman–Crippen LogP) is 3.79. The van der Waals surface area contributed by atoms with Crippen LogP contribution < -0.4 is 20.1 Å². The van der Waals surface area contributed by atoms with Crippen LogP contribution in [-0.4, -0.2) is 55.6 Å². The van der Waals surface area contributed by atoms with Crippen LogP contribution in [0.3, 0.4) is 0 Å². The number of amides is 1. The van der Waals surface area contributed by atoms with Gasteiger partial charge >= 0.3 is 6.36 Å². The molecule has 2 N–H and O–H groups in total. The number of anilines is 2. The minimum Gasteiger partial charge on any atom is -0.495 e. The van der Waals surface area contributed by atoms with Gasteiger partial charge in [0, 0.05) is 31.7 Å². The molecule has 11 heteroatoms. The van der Waals surface area contributed by atoms with Crippen molar-refractivity contribution >= 4 is 17.5 Å². The molecule has 0 unspecified atom stereocenters. The zero-order valence-corrected chi connectivity index (χ0v) is 17.6. The molecule has 33 heavy (non-hydrogen) atoms. The topological polar surface area (TPSA) is 94.1 Å². The molecule has 1 aliphatic rings. The molecule has 2 aromatic carbocycles. The number of ether oxygens (including phenoxy) is 2. The van der Waals surface area contributed by atoms with Crippen molar-refractivity contribution in [3.8, 4) is 22.8 Å². The molecule has 174 valence electrons. The van der Waals surface area contributed by atoms with Gasteiger partial charge in [-0.1, -0.05) is 17.3 Å². The fourth-order valence-corrected chi connectivity index (χ4v) is 3.72. The third-order valence-corrected chi connectivity index (χ3v) is 5.29. The second kappa shape index (κ2) is 8.93. The smallest absolute Gasteiger partial charge is 0.495 e. The number of nitrogens with zero attached hydrogens (tertiary/aromatic N) is 3. The number of para-hydroxylation sites is 2. The van der Waals surface area contributed by atoms with E-state index in [1.807, 2.05) is 24.3 Å². The van der Waals surface area contributed by atoms with Gasteiger partial charge in [0.2, 0.25) is 5.88 Å². The van der Waals surface area contributed by atoms with Crippen LogP contribution in [0.1, 0.15) is 10.4 Å². The second-order valence-corrected chi connectivity index (χ2v) is 7.29. The number of nitrogens with two attached hydrogens (primary N) is 1. The average Bonchev–Trinajstić information content (AvgIpc) is 3.19. The summed E-state index contributed by atoms with van der Waals surface area (Å²) in [4.78, 5) is 17.0. The highest BCUT2D eigenvalue weighted by Gasteiger charge is 2.32. The molecular weight excluding hydrogens is 441 g/mol. The van der Waals surface area contributed by atoms with E-state index in [0.717, 1.165) is 23.6 Å². The van der Waals surface area contributed by atoms with Gasteiger partial charge < -0.3 is 29.5 Å². The first kappa shape index (κ1) is 22.3. The van der Waals surface area contributed by atoms with Crippen LogP contribution in [0.5, 0.6) is 11.5 Å². The van der Waals surface area contributed by atoms with E-state index in [9.17, 15) is 18.0 Å². The van der Waals surface area contributed by atoms with Crippen molar-refractivity contribution in [1.82, 2.24) is 10.1 Å². The summed E-state index contributed by atoms with van der Waals surface area (Å²) >= 11 is 0. The van der Waals surface area contributed by atoms with E-state index in [-0.39, 0.29) is 28.8 Å². The Morgan fingerprint density at radius 2 is 1.73 bits per heavy atom. The van der Waals surface area contributed by atoms with Crippen LogP contribution in [0.15, 0.2) is 53.1 Å².